The van der Waals surface area contributed by atoms with E-state index in [1.807, 2.05) is 91.0 Å². The molecule has 0 aliphatic carbocycles. The molecule has 32 heavy (non-hydrogen) atoms. The van der Waals surface area contributed by atoms with Crippen LogP contribution in [0.15, 0.2) is 91.0 Å². The molecule has 0 spiro atoms. The average molecular weight is 437 g/mol. The molecule has 170 valence electrons. The Morgan fingerprint density at radius 1 is 0.625 bits per heavy atom. The summed E-state index contributed by atoms with van der Waals surface area (Å²) in [5.74, 6) is 0. The van der Waals surface area contributed by atoms with Crippen LogP contribution in [0, 0.1) is 0 Å². The molecule has 1 N–H and O–H groups in total. The molecule has 0 amide bonds. The molecule has 0 fully saturated rings. The third-order valence-electron chi connectivity index (χ3n) is 5.07. The second-order valence-corrected chi connectivity index (χ2v) is 7.62. The van der Waals surface area contributed by atoms with Gasteiger partial charge in [-0.3, -0.25) is 0 Å². The fourth-order valence-corrected chi connectivity index (χ4v) is 3.38. The van der Waals surface area contributed by atoms with Crippen LogP contribution in [-0.4, -0.2) is 43.7 Å². The first-order valence-electron chi connectivity index (χ1n) is 10.9. The normalized spacial score (nSPS) is 14.1. The fraction of sp³-hybridized carbons (Fsp3) is 0.333. The van der Waals surface area contributed by atoms with Crippen LogP contribution in [0.3, 0.4) is 0 Å². The number of ether oxygens (including phenoxy) is 4. The van der Waals surface area contributed by atoms with E-state index in [0.717, 1.165) is 16.7 Å². The zero-order valence-corrected chi connectivity index (χ0v) is 18.5. The van der Waals surface area contributed by atoms with E-state index < -0.39 is 18.3 Å². The highest BCUT2D eigenvalue weighted by atomic mass is 16.6. The Kier molecular flexibility index (Phi) is 10.4. The standard InChI is InChI=1S/C27H32O5/c1-29-21-26(31-18-23-13-7-3-8-14-23)27(32-19-24-15-9-4-10-16-24)25(28)20-30-17-22-11-5-2-6-12-22/h2-16,25-28H,17-21H2,1H3/t25-,26+,27-/m1/s1. The van der Waals surface area contributed by atoms with E-state index >= 15 is 0 Å². The molecule has 0 radical (unpaired) electrons. The van der Waals surface area contributed by atoms with Crippen molar-refractivity contribution >= 4 is 0 Å². The number of aliphatic hydroxyl groups is 1. The molecular formula is C27H32O5. The van der Waals surface area contributed by atoms with Gasteiger partial charge in [-0.25, -0.2) is 0 Å². The first-order valence-corrected chi connectivity index (χ1v) is 10.9. The van der Waals surface area contributed by atoms with Crippen LogP contribution in [0.5, 0.6) is 0 Å². The van der Waals surface area contributed by atoms with E-state index in [0.29, 0.717) is 26.4 Å². The maximum atomic E-state index is 11.0. The maximum absolute atomic E-state index is 11.0. The monoisotopic (exact) mass is 436 g/mol. The minimum atomic E-state index is -0.877. The highest BCUT2D eigenvalue weighted by Crippen LogP contribution is 2.16. The zero-order valence-electron chi connectivity index (χ0n) is 18.5. The lowest BCUT2D eigenvalue weighted by molar-refractivity contribution is -0.160. The summed E-state index contributed by atoms with van der Waals surface area (Å²) in [6, 6.07) is 29.7. The summed E-state index contributed by atoms with van der Waals surface area (Å²) < 4.78 is 23.5. The summed E-state index contributed by atoms with van der Waals surface area (Å²) >= 11 is 0. The van der Waals surface area contributed by atoms with Crippen LogP contribution in [0.4, 0.5) is 0 Å². The van der Waals surface area contributed by atoms with Gasteiger partial charge in [0.05, 0.1) is 33.0 Å². The van der Waals surface area contributed by atoms with Gasteiger partial charge in [-0.05, 0) is 16.7 Å². The quantitative estimate of drug-likeness (QED) is 0.406. The Hall–Kier alpha value is -2.54. The second kappa shape index (κ2) is 13.8. The molecule has 0 saturated heterocycles. The molecule has 0 aliphatic rings. The third-order valence-corrected chi connectivity index (χ3v) is 5.07. The first kappa shape index (κ1) is 24.1. The topological polar surface area (TPSA) is 57.2 Å². The van der Waals surface area contributed by atoms with Crippen molar-refractivity contribution in [2.45, 2.75) is 38.1 Å². The number of benzene rings is 3. The average Bonchev–Trinajstić information content (AvgIpc) is 2.84. The molecule has 5 nitrogen and oxygen atoms in total. The van der Waals surface area contributed by atoms with Gasteiger partial charge in [0.2, 0.25) is 0 Å². The Labute approximate surface area is 190 Å². The predicted molar refractivity (Wildman–Crippen MR) is 124 cm³/mol. The van der Waals surface area contributed by atoms with Crippen molar-refractivity contribution in [3.8, 4) is 0 Å². The number of rotatable bonds is 14. The molecule has 0 saturated carbocycles. The van der Waals surface area contributed by atoms with E-state index in [-0.39, 0.29) is 6.61 Å². The first-order chi connectivity index (χ1) is 15.8. The highest BCUT2D eigenvalue weighted by molar-refractivity contribution is 5.15. The largest absolute Gasteiger partial charge is 0.388 e. The Balaban J connectivity index is 1.64. The van der Waals surface area contributed by atoms with Crippen molar-refractivity contribution in [1.29, 1.82) is 0 Å². The molecule has 0 unspecified atom stereocenters. The van der Waals surface area contributed by atoms with Gasteiger partial charge in [0.15, 0.2) is 0 Å². The molecule has 3 aromatic rings. The molecule has 5 heteroatoms. The van der Waals surface area contributed by atoms with Crippen LogP contribution in [0.2, 0.25) is 0 Å². The van der Waals surface area contributed by atoms with Crippen molar-refractivity contribution in [3.63, 3.8) is 0 Å². The van der Waals surface area contributed by atoms with Crippen LogP contribution in [0.1, 0.15) is 16.7 Å². The van der Waals surface area contributed by atoms with Gasteiger partial charge in [0.1, 0.15) is 18.3 Å². The summed E-state index contributed by atoms with van der Waals surface area (Å²) in [6.45, 7) is 1.60. The maximum Gasteiger partial charge on any atom is 0.114 e. The molecule has 0 bridgehead atoms. The smallest absolute Gasteiger partial charge is 0.114 e. The molecule has 0 aromatic heterocycles. The Bertz CT molecular complexity index is 857. The van der Waals surface area contributed by atoms with Crippen molar-refractivity contribution < 1.29 is 24.1 Å². The number of methoxy groups -OCH3 is 1. The summed E-state index contributed by atoms with van der Waals surface area (Å²) in [5.41, 5.74) is 3.12. The molecular weight excluding hydrogens is 404 g/mol. The molecule has 3 rings (SSSR count). The van der Waals surface area contributed by atoms with Crippen LogP contribution in [-0.2, 0) is 38.8 Å². The van der Waals surface area contributed by atoms with Crippen molar-refractivity contribution in [1.82, 2.24) is 0 Å². The van der Waals surface area contributed by atoms with Gasteiger partial charge >= 0.3 is 0 Å². The lowest BCUT2D eigenvalue weighted by Gasteiger charge is -2.31. The van der Waals surface area contributed by atoms with Gasteiger partial charge in [0.25, 0.3) is 0 Å². The predicted octanol–water partition coefficient (Wildman–Crippen LogP) is 4.38. The van der Waals surface area contributed by atoms with Crippen LogP contribution >= 0.6 is 0 Å². The van der Waals surface area contributed by atoms with E-state index in [2.05, 4.69) is 0 Å². The third kappa shape index (κ3) is 8.19. The SMILES string of the molecule is COC[C@H](OCc1ccccc1)[C@H](OCc1ccccc1)[C@H](O)COCc1ccccc1. The lowest BCUT2D eigenvalue weighted by Crippen LogP contribution is -2.45. The van der Waals surface area contributed by atoms with E-state index in [4.69, 9.17) is 18.9 Å². The minimum absolute atomic E-state index is 0.128. The van der Waals surface area contributed by atoms with E-state index in [1.165, 1.54) is 0 Å². The summed E-state index contributed by atoms with van der Waals surface area (Å²) in [5, 5.41) is 11.0. The van der Waals surface area contributed by atoms with Gasteiger partial charge < -0.3 is 24.1 Å². The summed E-state index contributed by atoms with van der Waals surface area (Å²) in [6.07, 6.45) is -1.95. The Morgan fingerprint density at radius 2 is 1.09 bits per heavy atom. The molecule has 0 heterocycles. The van der Waals surface area contributed by atoms with Gasteiger partial charge in [-0.2, -0.15) is 0 Å². The van der Waals surface area contributed by atoms with Gasteiger partial charge in [-0.1, -0.05) is 91.0 Å². The zero-order chi connectivity index (χ0) is 22.4. The van der Waals surface area contributed by atoms with Crippen LogP contribution < -0.4 is 0 Å². The second-order valence-electron chi connectivity index (χ2n) is 7.62. The van der Waals surface area contributed by atoms with Crippen molar-refractivity contribution in [3.05, 3.63) is 108 Å². The summed E-state index contributed by atoms with van der Waals surface area (Å²) in [4.78, 5) is 0. The summed E-state index contributed by atoms with van der Waals surface area (Å²) in [7, 11) is 1.62. The molecule has 3 atom stereocenters. The van der Waals surface area contributed by atoms with E-state index in [1.54, 1.807) is 7.11 Å². The Morgan fingerprint density at radius 3 is 1.59 bits per heavy atom. The number of aliphatic hydroxyl groups excluding tert-OH is 1. The minimum Gasteiger partial charge on any atom is -0.388 e. The van der Waals surface area contributed by atoms with Gasteiger partial charge in [-0.15, -0.1) is 0 Å². The van der Waals surface area contributed by atoms with Crippen molar-refractivity contribution in [2.24, 2.45) is 0 Å². The highest BCUT2D eigenvalue weighted by Gasteiger charge is 2.31. The lowest BCUT2D eigenvalue weighted by atomic mass is 10.1. The fourth-order valence-electron chi connectivity index (χ4n) is 3.38. The van der Waals surface area contributed by atoms with Gasteiger partial charge in [0, 0.05) is 7.11 Å². The molecule has 3 aromatic carbocycles. The van der Waals surface area contributed by atoms with Crippen molar-refractivity contribution in [2.75, 3.05) is 20.3 Å². The van der Waals surface area contributed by atoms with Crippen LogP contribution in [0.25, 0.3) is 0 Å². The van der Waals surface area contributed by atoms with E-state index in [9.17, 15) is 5.11 Å². The molecule has 0 aliphatic heterocycles. The number of hydrogen-bond acceptors (Lipinski definition) is 5. The number of hydrogen-bond donors (Lipinski definition) is 1.